The van der Waals surface area contributed by atoms with E-state index in [1.54, 1.807) is 25.3 Å². The first-order chi connectivity index (χ1) is 8.10. The molecule has 1 saturated carbocycles. The number of benzene rings is 1. The molecule has 1 aliphatic carbocycles. The lowest BCUT2D eigenvalue weighted by Crippen LogP contribution is -2.40. The van der Waals surface area contributed by atoms with E-state index in [1.165, 1.54) is 0 Å². The van der Waals surface area contributed by atoms with Crippen LogP contribution in [-0.4, -0.2) is 25.2 Å². The molecule has 1 aliphatic rings. The van der Waals surface area contributed by atoms with Crippen molar-refractivity contribution in [3.8, 4) is 0 Å². The van der Waals surface area contributed by atoms with Gasteiger partial charge >= 0.3 is 0 Å². The smallest absolute Gasteiger partial charge is 0.248 e. The Morgan fingerprint density at radius 1 is 1.53 bits per heavy atom. The van der Waals surface area contributed by atoms with Gasteiger partial charge in [-0.05, 0) is 31.0 Å². The van der Waals surface area contributed by atoms with Crippen molar-refractivity contribution >= 4 is 23.2 Å². The highest BCUT2D eigenvalue weighted by atomic mass is 35.5. The molecule has 0 radical (unpaired) electrons. The van der Waals surface area contributed by atoms with Crippen LogP contribution < -0.4 is 11.1 Å². The highest BCUT2D eigenvalue weighted by Crippen LogP contribution is 2.30. The molecular formula is C12H15ClN2O2. The molecule has 0 heterocycles. The second-order valence-electron chi connectivity index (χ2n) is 4.23. The molecule has 17 heavy (non-hydrogen) atoms. The highest BCUT2D eigenvalue weighted by molar-refractivity contribution is 6.33. The molecule has 92 valence electrons. The van der Waals surface area contributed by atoms with Gasteiger partial charge in [-0.1, -0.05) is 11.6 Å². The van der Waals surface area contributed by atoms with E-state index in [4.69, 9.17) is 22.1 Å². The maximum Gasteiger partial charge on any atom is 0.248 e. The first kappa shape index (κ1) is 12.2. The predicted octanol–water partition coefficient (Wildman–Crippen LogP) is 2.03. The molecule has 0 aromatic heterocycles. The molecule has 0 saturated heterocycles. The third-order valence-corrected chi connectivity index (χ3v) is 3.37. The lowest BCUT2D eigenvalue weighted by atomic mass is 9.89. The van der Waals surface area contributed by atoms with Crippen molar-refractivity contribution in [3.63, 3.8) is 0 Å². The fourth-order valence-corrected chi connectivity index (χ4v) is 2.06. The normalized spacial score (nSPS) is 22.9. The summed E-state index contributed by atoms with van der Waals surface area (Å²) in [6.07, 6.45) is 2.23. The minimum absolute atomic E-state index is 0.325. The summed E-state index contributed by atoms with van der Waals surface area (Å²) in [7, 11) is 1.71. The van der Waals surface area contributed by atoms with Crippen LogP contribution in [0.1, 0.15) is 23.2 Å². The van der Waals surface area contributed by atoms with Gasteiger partial charge in [0.2, 0.25) is 5.91 Å². The maximum atomic E-state index is 11.1. The Labute approximate surface area is 105 Å². The van der Waals surface area contributed by atoms with E-state index in [9.17, 15) is 4.79 Å². The Morgan fingerprint density at radius 2 is 2.24 bits per heavy atom. The molecule has 0 bridgehead atoms. The largest absolute Gasteiger partial charge is 0.381 e. The van der Waals surface area contributed by atoms with E-state index in [1.807, 2.05) is 0 Å². The Morgan fingerprint density at radius 3 is 2.82 bits per heavy atom. The van der Waals surface area contributed by atoms with E-state index in [-0.39, 0.29) is 0 Å². The fourth-order valence-electron chi connectivity index (χ4n) is 1.89. The first-order valence-corrected chi connectivity index (χ1v) is 5.86. The average Bonchev–Trinajstić information content (AvgIpc) is 2.24. The highest BCUT2D eigenvalue weighted by Gasteiger charge is 2.29. The van der Waals surface area contributed by atoms with Crippen LogP contribution in [-0.2, 0) is 4.74 Å². The van der Waals surface area contributed by atoms with E-state index < -0.39 is 5.91 Å². The molecular weight excluding hydrogens is 240 g/mol. The van der Waals surface area contributed by atoms with Gasteiger partial charge in [-0.25, -0.2) is 0 Å². The number of hydrogen-bond acceptors (Lipinski definition) is 3. The van der Waals surface area contributed by atoms with Crippen molar-refractivity contribution in [2.75, 3.05) is 12.4 Å². The molecule has 0 spiro atoms. The Kier molecular flexibility index (Phi) is 3.54. The summed E-state index contributed by atoms with van der Waals surface area (Å²) in [6, 6.07) is 5.33. The van der Waals surface area contributed by atoms with Gasteiger partial charge in [-0.3, -0.25) is 4.79 Å². The molecule has 1 amide bonds. The van der Waals surface area contributed by atoms with Gasteiger partial charge in [0, 0.05) is 18.7 Å². The molecule has 0 atom stereocenters. The van der Waals surface area contributed by atoms with E-state index in [0.717, 1.165) is 18.5 Å². The van der Waals surface area contributed by atoms with Crippen LogP contribution in [0.25, 0.3) is 0 Å². The summed E-state index contributed by atoms with van der Waals surface area (Å²) < 4.78 is 5.20. The zero-order valence-electron chi connectivity index (χ0n) is 9.57. The molecule has 0 aliphatic heterocycles. The number of hydrogen-bond donors (Lipinski definition) is 2. The van der Waals surface area contributed by atoms with Gasteiger partial charge in [0.1, 0.15) is 0 Å². The van der Waals surface area contributed by atoms with Crippen molar-refractivity contribution in [1.82, 2.24) is 0 Å². The summed E-state index contributed by atoms with van der Waals surface area (Å²) in [5.41, 5.74) is 6.43. The molecule has 0 unspecified atom stereocenters. The number of carbonyl (C=O) groups is 1. The number of nitrogens with one attached hydrogen (secondary N) is 1. The quantitative estimate of drug-likeness (QED) is 0.864. The molecule has 3 N–H and O–H groups in total. The average molecular weight is 255 g/mol. The van der Waals surface area contributed by atoms with Crippen LogP contribution in [0.2, 0.25) is 5.02 Å². The molecule has 1 aromatic rings. The van der Waals surface area contributed by atoms with Gasteiger partial charge in [0.25, 0.3) is 0 Å². The van der Waals surface area contributed by atoms with Crippen molar-refractivity contribution in [2.45, 2.75) is 25.0 Å². The Hall–Kier alpha value is -1.26. The van der Waals surface area contributed by atoms with Crippen LogP contribution in [0.3, 0.4) is 0 Å². The third-order valence-electron chi connectivity index (χ3n) is 3.04. The summed E-state index contributed by atoms with van der Waals surface area (Å²) in [5.74, 6) is -0.451. The van der Waals surface area contributed by atoms with Gasteiger partial charge in [-0.15, -0.1) is 0 Å². The maximum absolute atomic E-state index is 11.1. The molecule has 1 fully saturated rings. The van der Waals surface area contributed by atoms with E-state index >= 15 is 0 Å². The van der Waals surface area contributed by atoms with Crippen molar-refractivity contribution in [3.05, 3.63) is 28.8 Å². The minimum Gasteiger partial charge on any atom is -0.381 e. The first-order valence-electron chi connectivity index (χ1n) is 5.49. The fraction of sp³-hybridized carbons (Fsp3) is 0.417. The topological polar surface area (TPSA) is 64.3 Å². The van der Waals surface area contributed by atoms with Crippen molar-refractivity contribution < 1.29 is 9.53 Å². The Balaban J connectivity index is 2.05. The van der Waals surface area contributed by atoms with Crippen LogP contribution >= 0.6 is 11.6 Å². The summed E-state index contributed by atoms with van der Waals surface area (Å²) >= 11 is 6.05. The van der Waals surface area contributed by atoms with Crippen LogP contribution in [0, 0.1) is 0 Å². The second-order valence-corrected chi connectivity index (χ2v) is 4.64. The number of ether oxygens (including phenoxy) is 1. The lowest BCUT2D eigenvalue weighted by Gasteiger charge is -2.35. The predicted molar refractivity (Wildman–Crippen MR) is 67.4 cm³/mol. The SMILES string of the molecule is COC1CC(Nc2cc(C(N)=O)ccc2Cl)C1. The number of halogens is 1. The minimum atomic E-state index is -0.451. The monoisotopic (exact) mass is 254 g/mol. The van der Waals surface area contributed by atoms with Crippen LogP contribution in [0.15, 0.2) is 18.2 Å². The van der Waals surface area contributed by atoms with Gasteiger partial charge in [0.15, 0.2) is 0 Å². The zero-order chi connectivity index (χ0) is 12.4. The number of amides is 1. The third kappa shape index (κ3) is 2.70. The summed E-state index contributed by atoms with van der Waals surface area (Å²) in [4.78, 5) is 11.1. The van der Waals surface area contributed by atoms with Gasteiger partial charge < -0.3 is 15.8 Å². The van der Waals surface area contributed by atoms with Crippen LogP contribution in [0.5, 0.6) is 0 Å². The molecule has 2 rings (SSSR count). The van der Waals surface area contributed by atoms with E-state index in [0.29, 0.717) is 22.7 Å². The second kappa shape index (κ2) is 4.94. The van der Waals surface area contributed by atoms with Gasteiger partial charge in [0.05, 0.1) is 16.8 Å². The number of anilines is 1. The summed E-state index contributed by atoms with van der Waals surface area (Å²) in [5, 5.41) is 3.88. The number of rotatable bonds is 4. The standard InChI is InChI=1S/C12H15ClN2O2/c1-17-9-5-8(6-9)15-11-4-7(12(14)16)2-3-10(11)13/h2-4,8-9,15H,5-6H2,1H3,(H2,14,16). The van der Waals surface area contributed by atoms with E-state index in [2.05, 4.69) is 5.32 Å². The van der Waals surface area contributed by atoms with Crippen molar-refractivity contribution in [2.24, 2.45) is 5.73 Å². The van der Waals surface area contributed by atoms with Gasteiger partial charge in [-0.2, -0.15) is 0 Å². The Bertz CT molecular complexity index is 431. The number of nitrogens with two attached hydrogens (primary N) is 1. The molecule has 1 aromatic carbocycles. The number of primary amides is 1. The van der Waals surface area contributed by atoms with Crippen LogP contribution in [0.4, 0.5) is 5.69 Å². The molecule has 4 nitrogen and oxygen atoms in total. The molecule has 5 heteroatoms. The summed E-state index contributed by atoms with van der Waals surface area (Å²) in [6.45, 7) is 0. The number of carbonyl (C=O) groups excluding carboxylic acids is 1. The zero-order valence-corrected chi connectivity index (χ0v) is 10.3. The lowest BCUT2D eigenvalue weighted by molar-refractivity contribution is 0.0328. The van der Waals surface area contributed by atoms with Crippen molar-refractivity contribution in [1.29, 1.82) is 0 Å². The number of methoxy groups -OCH3 is 1.